The van der Waals surface area contributed by atoms with E-state index in [2.05, 4.69) is 42.2 Å². The molecule has 2 heterocycles. The van der Waals surface area contributed by atoms with Gasteiger partial charge < -0.3 is 9.72 Å². The molecule has 0 aliphatic carbocycles. The summed E-state index contributed by atoms with van der Waals surface area (Å²) in [5, 5.41) is 3.38. The molecule has 0 fully saturated rings. The molecule has 3 rings (SSSR count). The second-order valence-electron chi connectivity index (χ2n) is 4.18. The standard InChI is InChI=1S/C14H11Br2N3/c15-10-4-5-12(16)13(7-10)17-8-11-9-19-6-2-1-3-14(19)18-11/h1-7,9,17H,8H2. The zero-order valence-corrected chi connectivity index (χ0v) is 13.1. The zero-order valence-electron chi connectivity index (χ0n) is 9.98. The molecule has 0 aliphatic rings. The van der Waals surface area contributed by atoms with E-state index in [0.717, 1.165) is 26.0 Å². The van der Waals surface area contributed by atoms with Crippen molar-refractivity contribution >= 4 is 43.2 Å². The van der Waals surface area contributed by atoms with Gasteiger partial charge in [-0.3, -0.25) is 0 Å². The van der Waals surface area contributed by atoms with Crippen LogP contribution < -0.4 is 5.32 Å². The highest BCUT2D eigenvalue weighted by molar-refractivity contribution is 9.11. The van der Waals surface area contributed by atoms with Crippen LogP contribution in [0.4, 0.5) is 5.69 Å². The molecular formula is C14H11Br2N3. The summed E-state index contributed by atoms with van der Waals surface area (Å²) in [6.45, 7) is 0.691. The van der Waals surface area contributed by atoms with Crippen LogP contribution in [0.3, 0.4) is 0 Å². The maximum atomic E-state index is 4.55. The normalized spacial score (nSPS) is 10.8. The van der Waals surface area contributed by atoms with Gasteiger partial charge in [-0.15, -0.1) is 0 Å². The monoisotopic (exact) mass is 379 g/mol. The number of benzene rings is 1. The molecular weight excluding hydrogens is 370 g/mol. The van der Waals surface area contributed by atoms with Crippen LogP contribution >= 0.6 is 31.9 Å². The van der Waals surface area contributed by atoms with Crippen molar-refractivity contribution in [3.63, 3.8) is 0 Å². The molecule has 1 aromatic carbocycles. The van der Waals surface area contributed by atoms with Gasteiger partial charge in [0.1, 0.15) is 5.65 Å². The third-order valence-corrected chi connectivity index (χ3v) is 3.99. The molecule has 0 saturated heterocycles. The second-order valence-corrected chi connectivity index (χ2v) is 5.95. The first-order chi connectivity index (χ1) is 9.22. The average Bonchev–Trinajstić information content (AvgIpc) is 2.82. The van der Waals surface area contributed by atoms with Gasteiger partial charge in [0.25, 0.3) is 0 Å². The highest BCUT2D eigenvalue weighted by Gasteiger charge is 2.03. The summed E-state index contributed by atoms with van der Waals surface area (Å²) in [6.07, 6.45) is 4.04. The number of nitrogens with zero attached hydrogens (tertiary/aromatic N) is 2. The van der Waals surface area contributed by atoms with Gasteiger partial charge in [-0.25, -0.2) is 4.98 Å². The summed E-state index contributed by atoms with van der Waals surface area (Å²) < 4.78 is 4.11. The van der Waals surface area contributed by atoms with Gasteiger partial charge in [0.15, 0.2) is 0 Å². The van der Waals surface area contributed by atoms with E-state index in [4.69, 9.17) is 0 Å². The largest absolute Gasteiger partial charge is 0.378 e. The van der Waals surface area contributed by atoms with Crippen molar-refractivity contribution in [2.24, 2.45) is 0 Å². The van der Waals surface area contributed by atoms with Crippen molar-refractivity contribution < 1.29 is 0 Å². The highest BCUT2D eigenvalue weighted by Crippen LogP contribution is 2.26. The molecule has 0 saturated carbocycles. The lowest BCUT2D eigenvalue weighted by Gasteiger charge is -2.07. The smallest absolute Gasteiger partial charge is 0.137 e. The molecule has 5 heteroatoms. The molecule has 0 amide bonds. The summed E-state index contributed by atoms with van der Waals surface area (Å²) in [6, 6.07) is 12.0. The number of halogens is 2. The number of hydrogen-bond donors (Lipinski definition) is 1. The molecule has 1 N–H and O–H groups in total. The number of fused-ring (bicyclic) bond motifs is 1. The molecule has 3 nitrogen and oxygen atoms in total. The Balaban J connectivity index is 1.80. The van der Waals surface area contributed by atoms with E-state index in [-0.39, 0.29) is 0 Å². The Morgan fingerprint density at radius 3 is 2.89 bits per heavy atom. The Kier molecular flexibility index (Phi) is 3.57. The molecule has 0 radical (unpaired) electrons. The van der Waals surface area contributed by atoms with Gasteiger partial charge >= 0.3 is 0 Å². The van der Waals surface area contributed by atoms with Crippen molar-refractivity contribution in [2.45, 2.75) is 6.54 Å². The van der Waals surface area contributed by atoms with Gasteiger partial charge in [0.2, 0.25) is 0 Å². The zero-order chi connectivity index (χ0) is 13.2. The van der Waals surface area contributed by atoms with E-state index in [1.54, 1.807) is 0 Å². The van der Waals surface area contributed by atoms with Crippen LogP contribution in [0, 0.1) is 0 Å². The number of nitrogens with one attached hydrogen (secondary N) is 1. The van der Waals surface area contributed by atoms with Crippen molar-refractivity contribution in [2.75, 3.05) is 5.32 Å². The van der Waals surface area contributed by atoms with E-state index < -0.39 is 0 Å². The lowest BCUT2D eigenvalue weighted by molar-refractivity contribution is 1.08. The number of pyridine rings is 1. The van der Waals surface area contributed by atoms with Crippen LogP contribution in [0.2, 0.25) is 0 Å². The number of aromatic nitrogens is 2. The summed E-state index contributed by atoms with van der Waals surface area (Å²) >= 11 is 7.00. The highest BCUT2D eigenvalue weighted by atomic mass is 79.9. The number of hydrogen-bond acceptors (Lipinski definition) is 2. The summed E-state index contributed by atoms with van der Waals surface area (Å²) in [4.78, 5) is 4.55. The first kappa shape index (κ1) is 12.7. The Hall–Kier alpha value is -1.33. The maximum Gasteiger partial charge on any atom is 0.137 e. The molecule has 0 spiro atoms. The van der Waals surface area contributed by atoms with E-state index in [9.17, 15) is 0 Å². The fourth-order valence-corrected chi connectivity index (χ4v) is 2.64. The van der Waals surface area contributed by atoms with Crippen LogP contribution in [-0.4, -0.2) is 9.38 Å². The van der Waals surface area contributed by atoms with Crippen molar-refractivity contribution in [1.82, 2.24) is 9.38 Å². The molecule has 3 aromatic rings. The molecule has 0 atom stereocenters. The third-order valence-electron chi connectivity index (χ3n) is 2.80. The van der Waals surface area contributed by atoms with Crippen LogP contribution in [0.15, 0.2) is 57.7 Å². The predicted molar refractivity (Wildman–Crippen MR) is 84.4 cm³/mol. The SMILES string of the molecule is Brc1ccc(Br)c(NCc2cn3ccccc3n2)c1. The molecule has 0 unspecified atom stereocenters. The fourth-order valence-electron chi connectivity index (χ4n) is 1.89. The Morgan fingerprint density at radius 1 is 1.16 bits per heavy atom. The lowest BCUT2D eigenvalue weighted by atomic mass is 10.3. The lowest BCUT2D eigenvalue weighted by Crippen LogP contribution is -2.00. The molecule has 96 valence electrons. The third kappa shape index (κ3) is 2.82. The van der Waals surface area contributed by atoms with Crippen LogP contribution in [0.5, 0.6) is 0 Å². The number of imidazole rings is 1. The summed E-state index contributed by atoms with van der Waals surface area (Å²) in [7, 11) is 0. The number of anilines is 1. The molecule has 0 bridgehead atoms. The minimum Gasteiger partial charge on any atom is -0.378 e. The maximum absolute atomic E-state index is 4.55. The fraction of sp³-hybridized carbons (Fsp3) is 0.0714. The first-order valence-corrected chi connectivity index (χ1v) is 7.42. The van der Waals surface area contributed by atoms with Crippen molar-refractivity contribution in [3.8, 4) is 0 Å². The Bertz CT molecular complexity index is 689. The van der Waals surface area contributed by atoms with E-state index >= 15 is 0 Å². The Labute approximate surface area is 127 Å². The minimum atomic E-state index is 0.691. The number of rotatable bonds is 3. The van der Waals surface area contributed by atoms with Crippen LogP contribution in [0.1, 0.15) is 5.69 Å². The minimum absolute atomic E-state index is 0.691. The van der Waals surface area contributed by atoms with E-state index in [1.807, 2.05) is 53.2 Å². The average molecular weight is 381 g/mol. The van der Waals surface area contributed by atoms with E-state index in [1.165, 1.54) is 0 Å². The van der Waals surface area contributed by atoms with Crippen molar-refractivity contribution in [3.05, 3.63) is 63.4 Å². The second kappa shape index (κ2) is 5.35. The molecule has 2 aromatic heterocycles. The molecule has 19 heavy (non-hydrogen) atoms. The molecule has 0 aliphatic heterocycles. The summed E-state index contributed by atoms with van der Waals surface area (Å²) in [5.74, 6) is 0. The summed E-state index contributed by atoms with van der Waals surface area (Å²) in [5.41, 5.74) is 3.03. The quantitative estimate of drug-likeness (QED) is 0.726. The topological polar surface area (TPSA) is 29.3 Å². The van der Waals surface area contributed by atoms with Crippen LogP contribution in [-0.2, 0) is 6.54 Å². The van der Waals surface area contributed by atoms with Gasteiger partial charge in [-0.1, -0.05) is 22.0 Å². The first-order valence-electron chi connectivity index (χ1n) is 5.84. The van der Waals surface area contributed by atoms with E-state index in [0.29, 0.717) is 6.54 Å². The predicted octanol–water partition coefficient (Wildman–Crippen LogP) is 4.47. The van der Waals surface area contributed by atoms with Crippen molar-refractivity contribution in [1.29, 1.82) is 0 Å². The van der Waals surface area contributed by atoms with Gasteiger partial charge in [0.05, 0.1) is 12.2 Å². The van der Waals surface area contributed by atoms with Gasteiger partial charge in [-0.05, 0) is 46.3 Å². The van der Waals surface area contributed by atoms with Gasteiger partial charge in [0, 0.05) is 27.0 Å². The Morgan fingerprint density at radius 2 is 2.05 bits per heavy atom. The van der Waals surface area contributed by atoms with Crippen LogP contribution in [0.25, 0.3) is 5.65 Å². The van der Waals surface area contributed by atoms with Gasteiger partial charge in [-0.2, -0.15) is 0 Å².